The van der Waals surface area contributed by atoms with E-state index in [2.05, 4.69) is 15.3 Å². The third-order valence-corrected chi connectivity index (χ3v) is 4.45. The van der Waals surface area contributed by atoms with Crippen LogP contribution in [0.3, 0.4) is 0 Å². The third-order valence-electron chi connectivity index (χ3n) is 4.45. The van der Waals surface area contributed by atoms with Gasteiger partial charge in [-0.2, -0.15) is 0 Å². The van der Waals surface area contributed by atoms with Gasteiger partial charge in [-0.25, -0.2) is 4.98 Å². The van der Waals surface area contributed by atoms with Crippen LogP contribution in [0.5, 0.6) is 5.75 Å². The van der Waals surface area contributed by atoms with Gasteiger partial charge in [0.05, 0.1) is 24.2 Å². The van der Waals surface area contributed by atoms with Crippen molar-refractivity contribution in [2.45, 2.75) is 12.5 Å². The Bertz CT molecular complexity index is 931. The Kier molecular flexibility index (Phi) is 4.04. The smallest absolute Gasteiger partial charge is 0.287 e. The minimum atomic E-state index is -0.310. The Morgan fingerprint density at radius 1 is 1.23 bits per heavy atom. The van der Waals surface area contributed by atoms with Gasteiger partial charge in [-0.1, -0.05) is 12.1 Å². The van der Waals surface area contributed by atoms with Gasteiger partial charge < -0.3 is 19.9 Å². The minimum Gasteiger partial charge on any atom is -0.497 e. The zero-order chi connectivity index (χ0) is 18.1. The van der Waals surface area contributed by atoms with Gasteiger partial charge in [-0.15, -0.1) is 0 Å². The van der Waals surface area contributed by atoms with E-state index in [0.717, 1.165) is 22.5 Å². The fraction of sp³-hybridized carbons (Fsp3) is 0.211. The predicted molar refractivity (Wildman–Crippen MR) is 97.3 cm³/mol. The third kappa shape index (κ3) is 2.99. The number of nitrogens with one attached hydrogen (secondary N) is 2. The molecular weight excluding hydrogens is 332 g/mol. The highest BCUT2D eigenvalue weighted by Gasteiger charge is 2.32. The largest absolute Gasteiger partial charge is 0.497 e. The summed E-state index contributed by atoms with van der Waals surface area (Å²) in [7, 11) is 1.60. The molecule has 2 amide bonds. The number of aromatic nitrogens is 2. The first-order valence-corrected chi connectivity index (χ1v) is 8.34. The zero-order valence-corrected chi connectivity index (χ0v) is 14.2. The van der Waals surface area contributed by atoms with Gasteiger partial charge >= 0.3 is 0 Å². The van der Waals surface area contributed by atoms with E-state index < -0.39 is 0 Å². The van der Waals surface area contributed by atoms with Crippen LogP contribution in [0.2, 0.25) is 0 Å². The number of hydrogen-bond acceptors (Lipinski definition) is 4. The molecule has 4 rings (SSSR count). The van der Waals surface area contributed by atoms with Crippen molar-refractivity contribution in [3.63, 3.8) is 0 Å². The molecule has 132 valence electrons. The van der Waals surface area contributed by atoms with E-state index in [0.29, 0.717) is 6.54 Å². The molecule has 26 heavy (non-hydrogen) atoms. The second-order valence-electron chi connectivity index (χ2n) is 6.18. The first-order chi connectivity index (χ1) is 12.6. The first-order valence-electron chi connectivity index (χ1n) is 8.34. The number of imidazole rings is 1. The number of amides is 2. The molecule has 1 fully saturated rings. The highest BCUT2D eigenvalue weighted by Crippen LogP contribution is 2.24. The molecule has 1 atom stereocenters. The fourth-order valence-corrected chi connectivity index (χ4v) is 3.13. The summed E-state index contributed by atoms with van der Waals surface area (Å²) in [4.78, 5) is 33.7. The highest BCUT2D eigenvalue weighted by atomic mass is 16.5. The number of carbonyl (C=O) groups is 2. The molecule has 3 aromatic rings. The maximum atomic E-state index is 12.5. The summed E-state index contributed by atoms with van der Waals surface area (Å²) >= 11 is 0. The van der Waals surface area contributed by atoms with E-state index in [1.165, 1.54) is 0 Å². The monoisotopic (exact) mass is 350 g/mol. The van der Waals surface area contributed by atoms with Crippen LogP contribution < -0.4 is 15.0 Å². The van der Waals surface area contributed by atoms with E-state index in [9.17, 15) is 9.59 Å². The molecule has 0 radical (unpaired) electrons. The van der Waals surface area contributed by atoms with E-state index in [1.807, 2.05) is 48.5 Å². The van der Waals surface area contributed by atoms with Crippen LogP contribution in [-0.2, 0) is 4.79 Å². The van der Waals surface area contributed by atoms with Crippen LogP contribution in [0.4, 0.5) is 5.69 Å². The number of benzene rings is 2. The van der Waals surface area contributed by atoms with Crippen molar-refractivity contribution >= 4 is 28.5 Å². The normalized spacial score (nSPS) is 16.9. The molecule has 0 spiro atoms. The second kappa shape index (κ2) is 6.51. The van der Waals surface area contributed by atoms with Gasteiger partial charge in [0.25, 0.3) is 5.91 Å². The van der Waals surface area contributed by atoms with Crippen LogP contribution >= 0.6 is 0 Å². The molecule has 1 saturated heterocycles. The Balaban J connectivity index is 1.45. The van der Waals surface area contributed by atoms with Crippen molar-refractivity contribution < 1.29 is 14.3 Å². The maximum absolute atomic E-state index is 12.5. The van der Waals surface area contributed by atoms with Gasteiger partial charge in [0.15, 0.2) is 5.82 Å². The van der Waals surface area contributed by atoms with E-state index in [-0.39, 0.29) is 30.1 Å². The van der Waals surface area contributed by atoms with Gasteiger partial charge in [-0.3, -0.25) is 9.59 Å². The minimum absolute atomic E-state index is 0.0231. The van der Waals surface area contributed by atoms with Gasteiger partial charge in [0.1, 0.15) is 5.75 Å². The number of carbonyl (C=O) groups excluding carboxylic acids is 2. The molecule has 2 heterocycles. The quantitative estimate of drug-likeness (QED) is 0.754. The lowest BCUT2D eigenvalue weighted by atomic mass is 10.2. The Hall–Kier alpha value is -3.35. The standard InChI is InChI=1S/C19H18N4O3/c1-26-14-8-6-13(7-9-14)23-11-12(10-17(23)24)20-19(25)18-21-15-4-2-3-5-16(15)22-18/h2-9,12H,10-11H2,1H3,(H,20,25)(H,21,22). The molecule has 0 saturated carbocycles. The van der Waals surface area contributed by atoms with E-state index >= 15 is 0 Å². The van der Waals surface area contributed by atoms with Crippen molar-refractivity contribution in [1.82, 2.24) is 15.3 Å². The Morgan fingerprint density at radius 2 is 2.00 bits per heavy atom. The van der Waals surface area contributed by atoms with Crippen LogP contribution in [0, 0.1) is 0 Å². The molecule has 0 bridgehead atoms. The van der Waals surface area contributed by atoms with Crippen molar-refractivity contribution in [1.29, 1.82) is 0 Å². The number of methoxy groups -OCH3 is 1. The van der Waals surface area contributed by atoms with Crippen LogP contribution in [0.1, 0.15) is 17.0 Å². The Labute approximate surface area is 150 Å². The number of ether oxygens (including phenoxy) is 1. The SMILES string of the molecule is COc1ccc(N2CC(NC(=O)c3nc4ccccc4[nH]3)CC2=O)cc1. The number of fused-ring (bicyclic) bond motifs is 1. The van der Waals surface area contributed by atoms with E-state index in [4.69, 9.17) is 4.74 Å². The molecule has 0 aliphatic carbocycles. The molecule has 2 N–H and O–H groups in total. The van der Waals surface area contributed by atoms with Crippen LogP contribution in [-0.4, -0.2) is 41.5 Å². The lowest BCUT2D eigenvalue weighted by Crippen LogP contribution is -2.37. The molecule has 1 unspecified atom stereocenters. The summed E-state index contributed by atoms with van der Waals surface area (Å²) in [6.45, 7) is 0.428. The molecule has 1 aliphatic rings. The molecule has 1 aromatic heterocycles. The van der Waals surface area contributed by atoms with Crippen molar-refractivity contribution in [3.8, 4) is 5.75 Å². The maximum Gasteiger partial charge on any atom is 0.287 e. The average Bonchev–Trinajstić information content (AvgIpc) is 3.25. The molecule has 1 aliphatic heterocycles. The van der Waals surface area contributed by atoms with E-state index in [1.54, 1.807) is 12.0 Å². The van der Waals surface area contributed by atoms with Crippen molar-refractivity contribution in [2.24, 2.45) is 0 Å². The zero-order valence-electron chi connectivity index (χ0n) is 14.2. The number of para-hydroxylation sites is 2. The second-order valence-corrected chi connectivity index (χ2v) is 6.18. The van der Waals surface area contributed by atoms with Gasteiger partial charge in [-0.05, 0) is 36.4 Å². The highest BCUT2D eigenvalue weighted by molar-refractivity contribution is 5.98. The lowest BCUT2D eigenvalue weighted by molar-refractivity contribution is -0.117. The molecular formula is C19H18N4O3. The predicted octanol–water partition coefficient (Wildman–Crippen LogP) is 2.11. The van der Waals surface area contributed by atoms with Gasteiger partial charge in [0.2, 0.25) is 5.91 Å². The summed E-state index contributed by atoms with van der Waals surface area (Å²) in [5, 5.41) is 2.89. The summed E-state index contributed by atoms with van der Waals surface area (Å²) in [6.07, 6.45) is 0.262. The summed E-state index contributed by atoms with van der Waals surface area (Å²) in [5.41, 5.74) is 2.33. The Morgan fingerprint density at radius 3 is 2.73 bits per heavy atom. The number of anilines is 1. The summed E-state index contributed by atoms with van der Waals surface area (Å²) in [5.74, 6) is 0.650. The van der Waals surface area contributed by atoms with Crippen LogP contribution in [0.25, 0.3) is 11.0 Å². The number of aromatic amines is 1. The van der Waals surface area contributed by atoms with Gasteiger partial charge in [0, 0.05) is 18.7 Å². The summed E-state index contributed by atoms with van der Waals surface area (Å²) in [6, 6.07) is 14.5. The molecule has 7 nitrogen and oxygen atoms in total. The topological polar surface area (TPSA) is 87.3 Å². The first kappa shape index (κ1) is 16.1. The number of rotatable bonds is 4. The number of hydrogen-bond donors (Lipinski definition) is 2. The molecule has 2 aromatic carbocycles. The molecule has 7 heteroatoms. The van der Waals surface area contributed by atoms with Crippen molar-refractivity contribution in [3.05, 3.63) is 54.4 Å². The fourth-order valence-electron chi connectivity index (χ4n) is 3.13. The summed E-state index contributed by atoms with van der Waals surface area (Å²) < 4.78 is 5.14. The van der Waals surface area contributed by atoms with Crippen molar-refractivity contribution in [2.75, 3.05) is 18.6 Å². The number of H-pyrrole nitrogens is 1. The number of nitrogens with zero attached hydrogens (tertiary/aromatic N) is 2. The average molecular weight is 350 g/mol. The van der Waals surface area contributed by atoms with Crippen LogP contribution in [0.15, 0.2) is 48.5 Å². The lowest BCUT2D eigenvalue weighted by Gasteiger charge is -2.17.